The molecule has 0 radical (unpaired) electrons. The van der Waals surface area contributed by atoms with Gasteiger partial charge in [0.25, 0.3) is 0 Å². The lowest BCUT2D eigenvalue weighted by Crippen LogP contribution is -2.45. The SMILES string of the molecule is OCCC1(CN[C@H]2CCCSC2)CCC1. The highest BCUT2D eigenvalue weighted by atomic mass is 32.2. The van der Waals surface area contributed by atoms with E-state index in [1.54, 1.807) is 0 Å². The van der Waals surface area contributed by atoms with Gasteiger partial charge in [0.2, 0.25) is 0 Å². The molecule has 0 bridgehead atoms. The van der Waals surface area contributed by atoms with Crippen LogP contribution in [0.4, 0.5) is 0 Å². The minimum atomic E-state index is 0.362. The summed E-state index contributed by atoms with van der Waals surface area (Å²) in [6, 6.07) is 0.736. The molecule has 88 valence electrons. The molecule has 3 heteroatoms. The Kier molecular flexibility index (Phi) is 4.35. The van der Waals surface area contributed by atoms with Crippen molar-refractivity contribution in [3.63, 3.8) is 0 Å². The van der Waals surface area contributed by atoms with Gasteiger partial charge in [-0.2, -0.15) is 11.8 Å². The van der Waals surface area contributed by atoms with Crippen LogP contribution in [0.25, 0.3) is 0 Å². The van der Waals surface area contributed by atoms with Crippen molar-refractivity contribution in [3.8, 4) is 0 Å². The number of hydrogen-bond donors (Lipinski definition) is 2. The van der Waals surface area contributed by atoms with Crippen molar-refractivity contribution in [1.29, 1.82) is 0 Å². The van der Waals surface area contributed by atoms with Crippen LogP contribution in [0.2, 0.25) is 0 Å². The lowest BCUT2D eigenvalue weighted by molar-refractivity contribution is 0.0830. The van der Waals surface area contributed by atoms with Crippen LogP contribution in [0.1, 0.15) is 38.5 Å². The maximum absolute atomic E-state index is 9.07. The first kappa shape index (κ1) is 11.7. The minimum absolute atomic E-state index is 0.362. The molecule has 1 atom stereocenters. The number of nitrogens with one attached hydrogen (secondary N) is 1. The van der Waals surface area contributed by atoms with E-state index in [4.69, 9.17) is 5.11 Å². The molecule has 0 unspecified atom stereocenters. The second-order valence-corrected chi connectivity index (χ2v) is 6.27. The Bertz CT molecular complexity index is 188. The molecular formula is C12H23NOS. The van der Waals surface area contributed by atoms with Crippen LogP contribution in [0.15, 0.2) is 0 Å². The molecule has 0 amide bonds. The average molecular weight is 229 g/mol. The number of hydrogen-bond acceptors (Lipinski definition) is 3. The van der Waals surface area contributed by atoms with Gasteiger partial charge in [-0.05, 0) is 43.3 Å². The molecule has 0 spiro atoms. The Balaban J connectivity index is 1.70. The van der Waals surface area contributed by atoms with Gasteiger partial charge in [0, 0.05) is 24.9 Å². The zero-order valence-electron chi connectivity index (χ0n) is 9.50. The predicted octanol–water partition coefficient (Wildman–Crippen LogP) is 2.02. The van der Waals surface area contributed by atoms with Gasteiger partial charge >= 0.3 is 0 Å². The van der Waals surface area contributed by atoms with E-state index < -0.39 is 0 Å². The van der Waals surface area contributed by atoms with Crippen molar-refractivity contribution in [2.45, 2.75) is 44.6 Å². The standard InChI is InChI=1S/C12H23NOS/c14-7-6-12(4-2-5-12)10-13-11-3-1-8-15-9-11/h11,13-14H,1-10H2/t11-/m0/s1. The van der Waals surface area contributed by atoms with Crippen LogP contribution in [0.5, 0.6) is 0 Å². The monoisotopic (exact) mass is 229 g/mol. The Morgan fingerprint density at radius 2 is 2.20 bits per heavy atom. The van der Waals surface area contributed by atoms with Gasteiger partial charge in [0.15, 0.2) is 0 Å². The third-order valence-corrected chi connectivity index (χ3v) is 5.20. The van der Waals surface area contributed by atoms with Gasteiger partial charge in [-0.3, -0.25) is 0 Å². The normalized spacial score (nSPS) is 29.8. The average Bonchev–Trinajstić information content (AvgIpc) is 2.23. The summed E-state index contributed by atoms with van der Waals surface area (Å²) in [7, 11) is 0. The third kappa shape index (κ3) is 3.11. The first-order valence-corrected chi connectivity index (χ1v) is 7.42. The van der Waals surface area contributed by atoms with Crippen molar-refractivity contribution < 1.29 is 5.11 Å². The largest absolute Gasteiger partial charge is 0.396 e. The summed E-state index contributed by atoms with van der Waals surface area (Å²) in [6.45, 7) is 1.50. The molecule has 0 aromatic heterocycles. The topological polar surface area (TPSA) is 32.3 Å². The predicted molar refractivity (Wildman–Crippen MR) is 66.3 cm³/mol. The maximum atomic E-state index is 9.07. The molecule has 1 heterocycles. The van der Waals surface area contributed by atoms with E-state index in [1.807, 2.05) is 0 Å². The van der Waals surface area contributed by atoms with Crippen LogP contribution in [0.3, 0.4) is 0 Å². The molecule has 1 saturated heterocycles. The van der Waals surface area contributed by atoms with E-state index >= 15 is 0 Å². The molecule has 0 aromatic rings. The molecule has 1 aliphatic heterocycles. The van der Waals surface area contributed by atoms with Crippen LogP contribution in [-0.4, -0.2) is 35.8 Å². The van der Waals surface area contributed by atoms with Crippen molar-refractivity contribution >= 4 is 11.8 Å². The summed E-state index contributed by atoms with van der Waals surface area (Å²) in [5.41, 5.74) is 0.455. The molecule has 1 saturated carbocycles. The second kappa shape index (κ2) is 5.55. The molecular weight excluding hydrogens is 206 g/mol. The van der Waals surface area contributed by atoms with Gasteiger partial charge in [-0.1, -0.05) is 6.42 Å². The molecule has 2 aliphatic rings. The van der Waals surface area contributed by atoms with E-state index in [-0.39, 0.29) is 0 Å². The summed E-state index contributed by atoms with van der Waals surface area (Å²) < 4.78 is 0. The van der Waals surface area contributed by atoms with Crippen LogP contribution in [-0.2, 0) is 0 Å². The van der Waals surface area contributed by atoms with Gasteiger partial charge in [0.05, 0.1) is 0 Å². The Labute approximate surface area is 97.2 Å². The Morgan fingerprint density at radius 1 is 1.33 bits per heavy atom. The lowest BCUT2D eigenvalue weighted by atomic mass is 9.66. The fraction of sp³-hybridized carbons (Fsp3) is 1.00. The van der Waals surface area contributed by atoms with Crippen molar-refractivity contribution in [2.75, 3.05) is 24.7 Å². The molecule has 2 fully saturated rings. The number of rotatable bonds is 5. The molecule has 2 N–H and O–H groups in total. The number of aliphatic hydroxyl groups is 1. The Hall–Kier alpha value is 0.270. The molecule has 2 nitrogen and oxygen atoms in total. The summed E-state index contributed by atoms with van der Waals surface area (Å²) in [5.74, 6) is 2.63. The van der Waals surface area contributed by atoms with Crippen LogP contribution in [0, 0.1) is 5.41 Å². The molecule has 15 heavy (non-hydrogen) atoms. The third-order valence-electron chi connectivity index (χ3n) is 3.98. The van der Waals surface area contributed by atoms with E-state index in [0.29, 0.717) is 12.0 Å². The smallest absolute Gasteiger partial charge is 0.0436 e. The van der Waals surface area contributed by atoms with E-state index in [0.717, 1.165) is 19.0 Å². The fourth-order valence-corrected chi connectivity index (χ4v) is 3.80. The highest BCUT2D eigenvalue weighted by molar-refractivity contribution is 7.99. The Morgan fingerprint density at radius 3 is 2.73 bits per heavy atom. The fourth-order valence-electron chi connectivity index (χ4n) is 2.69. The van der Waals surface area contributed by atoms with Crippen LogP contribution >= 0.6 is 11.8 Å². The lowest BCUT2D eigenvalue weighted by Gasteiger charge is -2.43. The quantitative estimate of drug-likeness (QED) is 0.756. The van der Waals surface area contributed by atoms with Gasteiger partial charge in [-0.25, -0.2) is 0 Å². The number of thioether (sulfide) groups is 1. The van der Waals surface area contributed by atoms with Gasteiger partial charge in [-0.15, -0.1) is 0 Å². The van der Waals surface area contributed by atoms with Gasteiger partial charge in [0.1, 0.15) is 0 Å². The summed E-state index contributed by atoms with van der Waals surface area (Å²) in [4.78, 5) is 0. The van der Waals surface area contributed by atoms with Crippen molar-refractivity contribution in [1.82, 2.24) is 5.32 Å². The van der Waals surface area contributed by atoms with Crippen molar-refractivity contribution in [2.24, 2.45) is 5.41 Å². The van der Waals surface area contributed by atoms with Gasteiger partial charge < -0.3 is 10.4 Å². The zero-order chi connectivity index (χ0) is 10.6. The molecule has 2 rings (SSSR count). The van der Waals surface area contributed by atoms with E-state index in [2.05, 4.69) is 17.1 Å². The minimum Gasteiger partial charge on any atom is -0.396 e. The first-order chi connectivity index (χ1) is 7.35. The van der Waals surface area contributed by atoms with E-state index in [9.17, 15) is 0 Å². The van der Waals surface area contributed by atoms with Crippen molar-refractivity contribution in [3.05, 3.63) is 0 Å². The highest BCUT2D eigenvalue weighted by Crippen LogP contribution is 2.43. The van der Waals surface area contributed by atoms with E-state index in [1.165, 1.54) is 43.6 Å². The first-order valence-electron chi connectivity index (χ1n) is 6.27. The van der Waals surface area contributed by atoms with Crippen LogP contribution < -0.4 is 5.32 Å². The zero-order valence-corrected chi connectivity index (χ0v) is 10.3. The summed E-state index contributed by atoms with van der Waals surface area (Å²) >= 11 is 2.08. The number of aliphatic hydroxyl groups excluding tert-OH is 1. The summed E-state index contributed by atoms with van der Waals surface area (Å²) in [6.07, 6.45) is 7.72. The molecule has 0 aromatic carbocycles. The maximum Gasteiger partial charge on any atom is 0.0436 e. The second-order valence-electron chi connectivity index (χ2n) is 5.12. The highest BCUT2D eigenvalue weighted by Gasteiger charge is 2.36. The summed E-state index contributed by atoms with van der Waals surface area (Å²) in [5, 5.41) is 12.8. The molecule has 1 aliphatic carbocycles.